The Morgan fingerprint density at radius 2 is 1.68 bits per heavy atom. The summed E-state index contributed by atoms with van der Waals surface area (Å²) < 4.78 is 5.74. The van der Waals surface area contributed by atoms with Gasteiger partial charge in [-0.05, 0) is 44.4 Å². The van der Waals surface area contributed by atoms with E-state index in [0.29, 0.717) is 11.3 Å². The van der Waals surface area contributed by atoms with E-state index >= 15 is 0 Å². The van der Waals surface area contributed by atoms with Gasteiger partial charge in [-0.25, -0.2) is 4.79 Å². The minimum absolute atomic E-state index is 0.00992. The number of nitrogens with one attached hydrogen (secondary N) is 1. The van der Waals surface area contributed by atoms with Crippen molar-refractivity contribution in [2.45, 2.75) is 39.3 Å². The molecule has 2 aromatic carbocycles. The Labute approximate surface area is 165 Å². The van der Waals surface area contributed by atoms with Crippen molar-refractivity contribution in [2.75, 3.05) is 13.2 Å². The van der Waals surface area contributed by atoms with Crippen LogP contribution >= 0.6 is 0 Å². The number of nitrogens with zero attached hydrogens (tertiary/aromatic N) is 1. The summed E-state index contributed by atoms with van der Waals surface area (Å²) >= 11 is 0. The van der Waals surface area contributed by atoms with Crippen molar-refractivity contribution in [2.24, 2.45) is 0 Å². The molecule has 0 bridgehead atoms. The third-order valence-corrected chi connectivity index (χ3v) is 5.13. The second-order valence-corrected chi connectivity index (χ2v) is 7.52. The first kappa shape index (κ1) is 19.9. The first-order valence-electron chi connectivity index (χ1n) is 9.30. The lowest BCUT2D eigenvalue weighted by Crippen LogP contribution is -2.42. The Morgan fingerprint density at radius 1 is 1.07 bits per heavy atom. The summed E-state index contributed by atoms with van der Waals surface area (Å²) in [6.07, 6.45) is -0.992. The molecule has 2 aromatic rings. The molecule has 3 amide bonds. The van der Waals surface area contributed by atoms with Gasteiger partial charge in [0.2, 0.25) is 0 Å². The van der Waals surface area contributed by atoms with Gasteiger partial charge in [-0.15, -0.1) is 0 Å². The third kappa shape index (κ3) is 3.73. The molecule has 3 rings (SSSR count). The zero-order valence-corrected chi connectivity index (χ0v) is 16.7. The minimum atomic E-state index is -1.14. The maximum absolute atomic E-state index is 12.9. The average Bonchev–Trinajstić information content (AvgIpc) is 2.86. The van der Waals surface area contributed by atoms with Crippen molar-refractivity contribution >= 4 is 11.9 Å². The van der Waals surface area contributed by atoms with Crippen LogP contribution in [0.15, 0.2) is 42.5 Å². The summed E-state index contributed by atoms with van der Waals surface area (Å²) in [5.74, 6) is 0.329. The van der Waals surface area contributed by atoms with Gasteiger partial charge in [0.25, 0.3) is 5.91 Å². The Morgan fingerprint density at radius 3 is 2.29 bits per heavy atom. The van der Waals surface area contributed by atoms with Crippen molar-refractivity contribution < 1.29 is 19.4 Å². The van der Waals surface area contributed by atoms with Gasteiger partial charge in [0.05, 0.1) is 6.54 Å². The number of aliphatic hydroxyl groups is 1. The van der Waals surface area contributed by atoms with Crippen LogP contribution < -0.4 is 10.1 Å². The molecule has 2 N–H and O–H groups in total. The number of rotatable bonds is 6. The molecule has 1 aliphatic rings. The molecule has 1 fully saturated rings. The smallest absolute Gasteiger partial charge is 0.325 e. The van der Waals surface area contributed by atoms with Crippen LogP contribution in [0.5, 0.6) is 5.75 Å². The summed E-state index contributed by atoms with van der Waals surface area (Å²) in [5.41, 5.74) is 2.57. The van der Waals surface area contributed by atoms with Crippen LogP contribution in [0.2, 0.25) is 0 Å². The summed E-state index contributed by atoms with van der Waals surface area (Å²) in [5, 5.41) is 13.1. The molecule has 0 radical (unpaired) electrons. The van der Waals surface area contributed by atoms with E-state index < -0.39 is 17.7 Å². The predicted octanol–water partition coefficient (Wildman–Crippen LogP) is 2.82. The molecule has 0 aromatic heterocycles. The van der Waals surface area contributed by atoms with E-state index in [-0.39, 0.29) is 19.1 Å². The highest BCUT2D eigenvalue weighted by atomic mass is 16.5. The highest BCUT2D eigenvalue weighted by Gasteiger charge is 2.49. The molecule has 0 aliphatic carbocycles. The average molecular weight is 382 g/mol. The van der Waals surface area contributed by atoms with E-state index in [0.717, 1.165) is 21.6 Å². The summed E-state index contributed by atoms with van der Waals surface area (Å²) in [6.45, 7) is 7.36. The number of aryl methyl sites for hydroxylation is 3. The molecule has 2 atom stereocenters. The van der Waals surface area contributed by atoms with Crippen molar-refractivity contribution in [3.05, 3.63) is 64.7 Å². The molecular formula is C22H26N2O4. The first-order valence-corrected chi connectivity index (χ1v) is 9.30. The molecular weight excluding hydrogens is 356 g/mol. The van der Waals surface area contributed by atoms with Crippen molar-refractivity contribution in [3.63, 3.8) is 0 Å². The number of amides is 3. The van der Waals surface area contributed by atoms with Crippen LogP contribution in [-0.4, -0.2) is 41.2 Å². The second-order valence-electron chi connectivity index (χ2n) is 7.52. The molecule has 6 nitrogen and oxygen atoms in total. The van der Waals surface area contributed by atoms with Gasteiger partial charge in [-0.2, -0.15) is 0 Å². The van der Waals surface area contributed by atoms with Gasteiger partial charge in [0, 0.05) is 0 Å². The lowest BCUT2D eigenvalue weighted by molar-refractivity contribution is -0.132. The fraction of sp³-hybridized carbons (Fsp3) is 0.364. The highest BCUT2D eigenvalue weighted by Crippen LogP contribution is 2.29. The van der Waals surface area contributed by atoms with Crippen LogP contribution in [0, 0.1) is 20.8 Å². The third-order valence-electron chi connectivity index (χ3n) is 5.13. The molecule has 0 saturated carbocycles. The topological polar surface area (TPSA) is 78.9 Å². The van der Waals surface area contributed by atoms with E-state index in [1.165, 1.54) is 0 Å². The Kier molecular flexibility index (Phi) is 5.42. The van der Waals surface area contributed by atoms with E-state index in [9.17, 15) is 14.7 Å². The highest BCUT2D eigenvalue weighted by molar-refractivity contribution is 6.07. The maximum Gasteiger partial charge on any atom is 0.325 e. The Hall–Kier alpha value is -2.86. The molecule has 1 heterocycles. The molecule has 28 heavy (non-hydrogen) atoms. The molecule has 1 saturated heterocycles. The van der Waals surface area contributed by atoms with E-state index in [2.05, 4.69) is 5.32 Å². The zero-order chi connectivity index (χ0) is 20.5. The fourth-order valence-corrected chi connectivity index (χ4v) is 3.42. The van der Waals surface area contributed by atoms with Crippen molar-refractivity contribution in [1.82, 2.24) is 10.2 Å². The number of hydrogen-bond acceptors (Lipinski definition) is 4. The number of benzene rings is 2. The Balaban J connectivity index is 1.68. The standard InChI is InChI=1S/C22H26N2O4/c1-14-8-10-17(11-9-14)22(4)20(26)24(21(27)23-22)12-18(25)13-28-19-15(2)6-5-7-16(19)3/h5-11,18,25H,12-13H2,1-4H3,(H,23,27). The first-order chi connectivity index (χ1) is 13.2. The van der Waals surface area contributed by atoms with E-state index in [1.54, 1.807) is 6.92 Å². The second kappa shape index (κ2) is 7.64. The number of urea groups is 1. The molecule has 0 spiro atoms. The van der Waals surface area contributed by atoms with E-state index in [4.69, 9.17) is 4.74 Å². The van der Waals surface area contributed by atoms with Gasteiger partial charge < -0.3 is 15.2 Å². The largest absolute Gasteiger partial charge is 0.490 e. The van der Waals surface area contributed by atoms with Crippen molar-refractivity contribution in [1.29, 1.82) is 0 Å². The number of ether oxygens (including phenoxy) is 1. The number of β-amino-alcohol motifs (C(OH)–C–C–N with tert-alkyl or cyclic N) is 1. The summed E-state index contributed by atoms with van der Waals surface area (Å²) in [4.78, 5) is 26.4. The maximum atomic E-state index is 12.9. The summed E-state index contributed by atoms with van der Waals surface area (Å²) in [7, 11) is 0. The lowest BCUT2D eigenvalue weighted by Gasteiger charge is -2.23. The van der Waals surface area contributed by atoms with Gasteiger partial charge >= 0.3 is 6.03 Å². The van der Waals surface area contributed by atoms with Crippen LogP contribution in [0.3, 0.4) is 0 Å². The number of imide groups is 1. The van der Waals surface area contributed by atoms with Gasteiger partial charge in [0.1, 0.15) is 24.0 Å². The van der Waals surface area contributed by atoms with Crippen LogP contribution in [0.1, 0.15) is 29.2 Å². The van der Waals surface area contributed by atoms with E-state index in [1.807, 2.05) is 63.2 Å². The Bertz CT molecular complexity index is 874. The van der Waals surface area contributed by atoms with Crippen molar-refractivity contribution in [3.8, 4) is 5.75 Å². The zero-order valence-electron chi connectivity index (χ0n) is 16.7. The van der Waals surface area contributed by atoms with Crippen LogP contribution in [-0.2, 0) is 10.3 Å². The molecule has 6 heteroatoms. The lowest BCUT2D eigenvalue weighted by atomic mass is 9.91. The molecule has 2 unspecified atom stereocenters. The number of carbonyl (C=O) groups is 2. The monoisotopic (exact) mass is 382 g/mol. The van der Waals surface area contributed by atoms with Gasteiger partial charge in [0.15, 0.2) is 0 Å². The normalized spacial score (nSPS) is 20.2. The summed E-state index contributed by atoms with van der Waals surface area (Å²) in [6, 6.07) is 12.7. The molecule has 1 aliphatic heterocycles. The number of aliphatic hydroxyl groups excluding tert-OH is 1. The van der Waals surface area contributed by atoms with Crippen LogP contribution in [0.4, 0.5) is 4.79 Å². The van der Waals surface area contributed by atoms with Gasteiger partial charge in [-0.3, -0.25) is 9.69 Å². The van der Waals surface area contributed by atoms with Crippen LogP contribution in [0.25, 0.3) is 0 Å². The minimum Gasteiger partial charge on any atom is -0.490 e. The number of hydrogen-bond donors (Lipinski definition) is 2. The fourth-order valence-electron chi connectivity index (χ4n) is 3.42. The SMILES string of the molecule is Cc1ccc(C2(C)NC(=O)N(CC(O)COc3c(C)cccc3C)C2=O)cc1. The number of para-hydroxylation sites is 1. The predicted molar refractivity (Wildman–Crippen MR) is 106 cm³/mol. The van der Waals surface area contributed by atoms with Gasteiger partial charge in [-0.1, -0.05) is 48.0 Å². The quantitative estimate of drug-likeness (QED) is 0.753. The molecule has 148 valence electrons. The number of carbonyl (C=O) groups excluding carboxylic acids is 2.